The van der Waals surface area contributed by atoms with E-state index in [0.29, 0.717) is 11.8 Å². The number of hydrogen-bond donors (Lipinski definition) is 4. The van der Waals surface area contributed by atoms with Crippen molar-refractivity contribution in [3.63, 3.8) is 0 Å². The summed E-state index contributed by atoms with van der Waals surface area (Å²) in [5.74, 6) is 1.02. The summed E-state index contributed by atoms with van der Waals surface area (Å²) in [5.41, 5.74) is 11.2. The SMILES string of the molecule is C=CC(CC1(C)C=CC(N)=CC1)NC(=C)[C@H](CC(C)C)NC(=C)C(CC(C)C)NC(=C)CCc1ccccc1. The van der Waals surface area contributed by atoms with E-state index in [-0.39, 0.29) is 23.5 Å². The summed E-state index contributed by atoms with van der Waals surface area (Å²) in [6, 6.07) is 10.8. The first kappa shape index (κ1) is 32.1. The molecular weight excluding hydrogens is 476 g/mol. The van der Waals surface area contributed by atoms with Crippen LogP contribution in [-0.4, -0.2) is 18.1 Å². The fourth-order valence-electron chi connectivity index (χ4n) is 5.07. The zero-order chi connectivity index (χ0) is 29.0. The molecule has 0 aromatic heterocycles. The van der Waals surface area contributed by atoms with Crippen molar-refractivity contribution in [3.8, 4) is 0 Å². The molecule has 0 saturated heterocycles. The molecule has 39 heavy (non-hydrogen) atoms. The van der Waals surface area contributed by atoms with Crippen LogP contribution in [0.3, 0.4) is 0 Å². The second-order valence-corrected chi connectivity index (χ2v) is 12.4. The van der Waals surface area contributed by atoms with E-state index in [9.17, 15) is 0 Å². The first-order chi connectivity index (χ1) is 18.4. The molecular formula is C35H54N4. The minimum Gasteiger partial charge on any atom is -0.399 e. The van der Waals surface area contributed by atoms with Crippen LogP contribution in [0.4, 0.5) is 0 Å². The van der Waals surface area contributed by atoms with Gasteiger partial charge in [0.15, 0.2) is 0 Å². The monoisotopic (exact) mass is 530 g/mol. The number of hydrogen-bond acceptors (Lipinski definition) is 4. The van der Waals surface area contributed by atoms with Gasteiger partial charge in [-0.3, -0.25) is 0 Å². The molecule has 2 rings (SSSR count). The molecule has 5 N–H and O–H groups in total. The minimum atomic E-state index is 0.0337. The van der Waals surface area contributed by atoms with E-state index in [2.05, 4.69) is 119 Å². The Morgan fingerprint density at radius 2 is 1.54 bits per heavy atom. The summed E-state index contributed by atoms with van der Waals surface area (Å²) < 4.78 is 0. The van der Waals surface area contributed by atoms with Gasteiger partial charge in [0.2, 0.25) is 0 Å². The Hall–Kier alpha value is -3.14. The van der Waals surface area contributed by atoms with Gasteiger partial charge in [-0.15, -0.1) is 6.58 Å². The number of benzene rings is 1. The smallest absolute Gasteiger partial charge is 0.0653 e. The summed E-state index contributed by atoms with van der Waals surface area (Å²) in [6.45, 7) is 28.7. The average Bonchev–Trinajstić information content (AvgIpc) is 2.88. The fraction of sp³-hybridized carbons (Fsp3) is 0.486. The third-order valence-corrected chi connectivity index (χ3v) is 7.38. The highest BCUT2D eigenvalue weighted by atomic mass is 15.1. The van der Waals surface area contributed by atoms with Crippen molar-refractivity contribution in [2.75, 3.05) is 0 Å². The molecule has 3 unspecified atom stereocenters. The van der Waals surface area contributed by atoms with Crippen molar-refractivity contribution in [2.45, 2.75) is 91.3 Å². The lowest BCUT2D eigenvalue weighted by molar-refractivity contribution is 0.347. The van der Waals surface area contributed by atoms with Crippen molar-refractivity contribution in [3.05, 3.63) is 109 Å². The number of nitrogens with one attached hydrogen (secondary N) is 3. The van der Waals surface area contributed by atoms with Gasteiger partial charge in [0, 0.05) is 28.8 Å². The summed E-state index contributed by atoms with van der Waals surface area (Å²) in [7, 11) is 0. The van der Waals surface area contributed by atoms with Gasteiger partial charge in [0.1, 0.15) is 0 Å². The van der Waals surface area contributed by atoms with Crippen molar-refractivity contribution >= 4 is 0 Å². The highest BCUT2D eigenvalue weighted by molar-refractivity contribution is 5.24. The van der Waals surface area contributed by atoms with Crippen LogP contribution in [0.1, 0.15) is 72.3 Å². The molecule has 1 aromatic carbocycles. The maximum Gasteiger partial charge on any atom is 0.0653 e. The van der Waals surface area contributed by atoms with E-state index < -0.39 is 0 Å². The summed E-state index contributed by atoms with van der Waals surface area (Å²) >= 11 is 0. The highest BCUT2D eigenvalue weighted by Crippen LogP contribution is 2.33. The molecule has 0 fully saturated rings. The van der Waals surface area contributed by atoms with Gasteiger partial charge < -0.3 is 21.7 Å². The Balaban J connectivity index is 2.05. The third-order valence-electron chi connectivity index (χ3n) is 7.38. The Labute approximate surface area is 239 Å². The lowest BCUT2D eigenvalue weighted by atomic mass is 9.77. The lowest BCUT2D eigenvalue weighted by Gasteiger charge is -2.35. The van der Waals surface area contributed by atoms with Gasteiger partial charge in [0.05, 0.1) is 12.1 Å². The average molecular weight is 531 g/mol. The summed E-state index contributed by atoms with van der Waals surface area (Å²) in [5, 5.41) is 11.1. The highest BCUT2D eigenvalue weighted by Gasteiger charge is 2.27. The molecule has 4 nitrogen and oxygen atoms in total. The van der Waals surface area contributed by atoms with Gasteiger partial charge in [-0.05, 0) is 67.4 Å². The molecule has 214 valence electrons. The largest absolute Gasteiger partial charge is 0.399 e. The van der Waals surface area contributed by atoms with Crippen LogP contribution >= 0.6 is 0 Å². The molecule has 4 heteroatoms. The molecule has 0 heterocycles. The van der Waals surface area contributed by atoms with E-state index in [1.54, 1.807) is 0 Å². The Morgan fingerprint density at radius 3 is 2.08 bits per heavy atom. The Kier molecular flexibility index (Phi) is 12.7. The Bertz CT molecular complexity index is 1020. The predicted octanol–water partition coefficient (Wildman–Crippen LogP) is 7.51. The van der Waals surface area contributed by atoms with Crippen molar-refractivity contribution in [1.29, 1.82) is 0 Å². The van der Waals surface area contributed by atoms with Crippen LogP contribution in [0.2, 0.25) is 0 Å². The van der Waals surface area contributed by atoms with Gasteiger partial charge in [-0.2, -0.15) is 0 Å². The van der Waals surface area contributed by atoms with Crippen LogP contribution in [0.5, 0.6) is 0 Å². The zero-order valence-electron chi connectivity index (χ0n) is 25.2. The maximum atomic E-state index is 5.96. The fourth-order valence-corrected chi connectivity index (χ4v) is 5.07. The third kappa shape index (κ3) is 11.6. The number of aryl methyl sites for hydroxylation is 1. The standard InChI is InChI=1S/C35H54N4/c1-10-32(24-35(9)20-18-31(36)19-21-35)38-28(7)34(23-26(4)5)39-29(8)33(22-25(2)3)37-27(6)16-17-30-14-12-11-13-15-30/h10-15,18-20,25-26,32-34,37-39H,1,6-8,16-17,21-24,36H2,2-5,9H3/t32?,33?,34-,35?/m0/s1. The maximum absolute atomic E-state index is 5.96. The van der Waals surface area contributed by atoms with E-state index >= 15 is 0 Å². The second kappa shape index (κ2) is 15.5. The van der Waals surface area contributed by atoms with Gasteiger partial charge in [0.25, 0.3) is 0 Å². The van der Waals surface area contributed by atoms with E-state index in [1.807, 2.05) is 12.2 Å². The summed E-state index contributed by atoms with van der Waals surface area (Å²) in [6.07, 6.45) is 14.0. The summed E-state index contributed by atoms with van der Waals surface area (Å²) in [4.78, 5) is 0. The van der Waals surface area contributed by atoms with E-state index in [4.69, 9.17) is 5.73 Å². The molecule has 0 spiro atoms. The van der Waals surface area contributed by atoms with Gasteiger partial charge in [-0.25, -0.2) is 0 Å². The molecule has 4 atom stereocenters. The first-order valence-electron chi connectivity index (χ1n) is 14.6. The van der Waals surface area contributed by atoms with Gasteiger partial charge in [-0.1, -0.05) is 103 Å². The van der Waals surface area contributed by atoms with Crippen molar-refractivity contribution < 1.29 is 0 Å². The second-order valence-electron chi connectivity index (χ2n) is 12.4. The van der Waals surface area contributed by atoms with E-state index in [0.717, 1.165) is 61.3 Å². The quantitative estimate of drug-likeness (QED) is 0.148. The van der Waals surface area contributed by atoms with Crippen LogP contribution in [-0.2, 0) is 6.42 Å². The molecule has 0 aliphatic heterocycles. The molecule has 0 amide bonds. The van der Waals surface area contributed by atoms with Crippen molar-refractivity contribution in [2.24, 2.45) is 23.0 Å². The molecule has 0 radical (unpaired) electrons. The lowest BCUT2D eigenvalue weighted by Crippen LogP contribution is -2.45. The number of nitrogens with two attached hydrogens (primary N) is 1. The molecule has 1 aliphatic carbocycles. The number of allylic oxidation sites excluding steroid dienone is 4. The first-order valence-corrected chi connectivity index (χ1v) is 14.6. The number of rotatable bonds is 18. The minimum absolute atomic E-state index is 0.0337. The molecule has 0 saturated carbocycles. The van der Waals surface area contributed by atoms with Crippen LogP contribution in [0, 0.1) is 17.3 Å². The molecule has 1 aliphatic rings. The van der Waals surface area contributed by atoms with Crippen molar-refractivity contribution in [1.82, 2.24) is 16.0 Å². The zero-order valence-corrected chi connectivity index (χ0v) is 25.2. The predicted molar refractivity (Wildman–Crippen MR) is 171 cm³/mol. The van der Waals surface area contributed by atoms with Crippen LogP contribution < -0.4 is 21.7 Å². The normalized spacial score (nSPS) is 19.1. The van der Waals surface area contributed by atoms with Crippen LogP contribution in [0.15, 0.2) is 104 Å². The topological polar surface area (TPSA) is 62.1 Å². The van der Waals surface area contributed by atoms with E-state index in [1.165, 1.54) is 5.56 Å². The van der Waals surface area contributed by atoms with Crippen LogP contribution in [0.25, 0.3) is 0 Å². The molecule has 0 bridgehead atoms. The van der Waals surface area contributed by atoms with Gasteiger partial charge >= 0.3 is 0 Å². The molecule has 1 aromatic rings. The Morgan fingerprint density at radius 1 is 0.949 bits per heavy atom.